The van der Waals surface area contributed by atoms with Gasteiger partial charge >= 0.3 is 5.97 Å². The Morgan fingerprint density at radius 2 is 1.79 bits per heavy atom. The van der Waals surface area contributed by atoms with E-state index in [1.807, 2.05) is 13.0 Å². The lowest BCUT2D eigenvalue weighted by Gasteiger charge is -2.08. The topological polar surface area (TPSA) is 90.3 Å². The van der Waals surface area contributed by atoms with E-state index in [0.29, 0.717) is 16.8 Å². The van der Waals surface area contributed by atoms with Gasteiger partial charge in [0.2, 0.25) is 0 Å². The van der Waals surface area contributed by atoms with Gasteiger partial charge in [-0.15, -0.1) is 0 Å². The van der Waals surface area contributed by atoms with Crippen LogP contribution in [0.25, 0.3) is 5.69 Å². The van der Waals surface area contributed by atoms with Crippen molar-refractivity contribution in [3.05, 3.63) is 77.6 Å². The van der Waals surface area contributed by atoms with Gasteiger partial charge in [0.05, 0.1) is 11.3 Å². The molecule has 0 saturated heterocycles. The number of aromatic nitrogens is 2. The smallest absolute Gasteiger partial charge is 0.338 e. The van der Waals surface area contributed by atoms with Crippen LogP contribution < -0.4 is 5.32 Å². The summed E-state index contributed by atoms with van der Waals surface area (Å²) in [4.78, 5) is 35.5. The monoisotopic (exact) mass is 377 g/mol. The molecule has 1 amide bonds. The molecule has 0 fully saturated rings. The highest BCUT2D eigenvalue weighted by Crippen LogP contribution is 2.13. The molecule has 0 spiro atoms. The summed E-state index contributed by atoms with van der Waals surface area (Å²) >= 11 is 0. The van der Waals surface area contributed by atoms with Gasteiger partial charge in [-0.2, -0.15) is 5.10 Å². The summed E-state index contributed by atoms with van der Waals surface area (Å²) in [7, 11) is 0. The number of hydrogen-bond donors (Lipinski definition) is 1. The number of nitrogens with zero attached hydrogens (tertiary/aromatic N) is 2. The van der Waals surface area contributed by atoms with Crippen LogP contribution in [0.3, 0.4) is 0 Å². The summed E-state index contributed by atoms with van der Waals surface area (Å²) in [6.45, 7) is 2.95. The van der Waals surface area contributed by atoms with Crippen LogP contribution in [0.1, 0.15) is 33.3 Å². The number of aryl methyl sites for hydroxylation is 1. The Hall–Kier alpha value is -3.74. The van der Waals surface area contributed by atoms with Gasteiger partial charge in [0.1, 0.15) is 0 Å². The van der Waals surface area contributed by atoms with Crippen LogP contribution in [-0.2, 0) is 9.53 Å². The number of nitrogens with one attached hydrogen (secondary N) is 1. The lowest BCUT2D eigenvalue weighted by atomic mass is 10.1. The third-order valence-corrected chi connectivity index (χ3v) is 4.07. The predicted molar refractivity (Wildman–Crippen MR) is 104 cm³/mol. The Labute approximate surface area is 161 Å². The molecule has 0 saturated carbocycles. The summed E-state index contributed by atoms with van der Waals surface area (Å²) in [5, 5.41) is 6.80. The molecule has 2 aromatic carbocycles. The van der Waals surface area contributed by atoms with Gasteiger partial charge in [-0.1, -0.05) is 12.1 Å². The van der Waals surface area contributed by atoms with Crippen molar-refractivity contribution in [3.63, 3.8) is 0 Å². The molecule has 1 N–H and O–H groups in total. The van der Waals surface area contributed by atoms with Crippen molar-refractivity contribution in [1.29, 1.82) is 0 Å². The fourth-order valence-corrected chi connectivity index (χ4v) is 2.61. The first-order valence-electron chi connectivity index (χ1n) is 8.63. The first-order valence-corrected chi connectivity index (χ1v) is 8.63. The average Bonchev–Trinajstić information content (AvgIpc) is 3.12. The van der Waals surface area contributed by atoms with Crippen molar-refractivity contribution in [1.82, 2.24) is 9.78 Å². The van der Waals surface area contributed by atoms with Crippen LogP contribution >= 0.6 is 0 Å². The third-order valence-electron chi connectivity index (χ3n) is 4.07. The van der Waals surface area contributed by atoms with Crippen LogP contribution in [-0.4, -0.2) is 34.0 Å². The number of benzene rings is 2. The van der Waals surface area contributed by atoms with Gasteiger partial charge in [-0.05, 0) is 56.3 Å². The second-order valence-corrected chi connectivity index (χ2v) is 6.19. The van der Waals surface area contributed by atoms with Gasteiger partial charge < -0.3 is 10.1 Å². The predicted octanol–water partition coefficient (Wildman–Crippen LogP) is 3.18. The number of amides is 1. The van der Waals surface area contributed by atoms with E-state index in [1.165, 1.54) is 6.92 Å². The van der Waals surface area contributed by atoms with Gasteiger partial charge in [0, 0.05) is 23.1 Å². The van der Waals surface area contributed by atoms with E-state index in [9.17, 15) is 14.4 Å². The Morgan fingerprint density at radius 1 is 1.04 bits per heavy atom. The number of anilines is 1. The molecule has 28 heavy (non-hydrogen) atoms. The molecule has 0 aliphatic carbocycles. The molecule has 0 unspecified atom stereocenters. The van der Waals surface area contributed by atoms with Crippen molar-refractivity contribution in [2.24, 2.45) is 0 Å². The highest BCUT2D eigenvalue weighted by atomic mass is 16.5. The maximum atomic E-state index is 12.1. The molecule has 142 valence electrons. The number of ether oxygens (including phenoxy) is 1. The number of Topliss-reactive ketones (excluding diaryl/α,β-unsaturated/α-hetero) is 1. The molecular weight excluding hydrogens is 358 g/mol. The fraction of sp³-hybridized carbons (Fsp3) is 0.143. The minimum Gasteiger partial charge on any atom is -0.452 e. The maximum absolute atomic E-state index is 12.1. The largest absolute Gasteiger partial charge is 0.452 e. The Kier molecular flexibility index (Phi) is 5.64. The van der Waals surface area contributed by atoms with Crippen LogP contribution in [0.2, 0.25) is 0 Å². The zero-order valence-corrected chi connectivity index (χ0v) is 15.5. The summed E-state index contributed by atoms with van der Waals surface area (Å²) in [6.07, 6.45) is 1.70. The molecular formula is C21H19N3O4. The zero-order valence-electron chi connectivity index (χ0n) is 15.5. The highest BCUT2D eigenvalue weighted by molar-refractivity contribution is 5.98. The minimum absolute atomic E-state index is 0.101. The Morgan fingerprint density at radius 3 is 2.43 bits per heavy atom. The fourth-order valence-electron chi connectivity index (χ4n) is 2.61. The van der Waals surface area contributed by atoms with Gasteiger partial charge in [0.25, 0.3) is 5.91 Å². The van der Waals surface area contributed by atoms with Crippen molar-refractivity contribution in [2.45, 2.75) is 13.8 Å². The lowest BCUT2D eigenvalue weighted by molar-refractivity contribution is -0.119. The molecule has 7 nitrogen and oxygen atoms in total. The van der Waals surface area contributed by atoms with Crippen LogP contribution in [0.5, 0.6) is 0 Å². The number of ketones is 1. The first kappa shape index (κ1) is 19.0. The SMILES string of the molecule is CC(=O)c1cccc(NC(=O)COC(=O)c2ccc(-n3nccc3C)cc2)c1. The number of esters is 1. The molecule has 0 atom stereocenters. The number of carbonyl (C=O) groups excluding carboxylic acids is 3. The number of rotatable bonds is 6. The number of carbonyl (C=O) groups is 3. The minimum atomic E-state index is -0.601. The third kappa shape index (κ3) is 4.50. The molecule has 0 aliphatic rings. The Balaban J connectivity index is 1.56. The van der Waals surface area contributed by atoms with E-state index >= 15 is 0 Å². The van der Waals surface area contributed by atoms with Crippen molar-refractivity contribution in [2.75, 3.05) is 11.9 Å². The van der Waals surface area contributed by atoms with E-state index in [1.54, 1.807) is 59.4 Å². The first-order chi connectivity index (χ1) is 13.4. The molecule has 3 aromatic rings. The number of hydrogen-bond acceptors (Lipinski definition) is 5. The molecule has 3 rings (SSSR count). The molecule has 0 aliphatic heterocycles. The summed E-state index contributed by atoms with van der Waals surface area (Å²) in [6, 6.07) is 15.2. The maximum Gasteiger partial charge on any atom is 0.338 e. The van der Waals surface area contributed by atoms with E-state index in [-0.39, 0.29) is 5.78 Å². The second kappa shape index (κ2) is 8.30. The summed E-state index contributed by atoms with van der Waals surface area (Å²) < 4.78 is 6.80. The molecule has 0 bridgehead atoms. The average molecular weight is 377 g/mol. The van der Waals surface area contributed by atoms with Crippen LogP contribution in [0.4, 0.5) is 5.69 Å². The normalized spacial score (nSPS) is 10.4. The van der Waals surface area contributed by atoms with Crippen molar-refractivity contribution >= 4 is 23.3 Å². The molecule has 0 radical (unpaired) electrons. The summed E-state index contributed by atoms with van der Waals surface area (Å²) in [5.74, 6) is -1.19. The van der Waals surface area contributed by atoms with Crippen molar-refractivity contribution < 1.29 is 19.1 Å². The van der Waals surface area contributed by atoms with Crippen molar-refractivity contribution in [3.8, 4) is 5.69 Å². The van der Waals surface area contributed by atoms with E-state index < -0.39 is 18.5 Å². The van der Waals surface area contributed by atoms with Gasteiger partial charge in [-0.25, -0.2) is 9.48 Å². The van der Waals surface area contributed by atoms with Gasteiger partial charge in [0.15, 0.2) is 12.4 Å². The molecule has 1 heterocycles. The lowest BCUT2D eigenvalue weighted by Crippen LogP contribution is -2.21. The highest BCUT2D eigenvalue weighted by Gasteiger charge is 2.12. The quantitative estimate of drug-likeness (QED) is 0.526. The standard InChI is InChI=1S/C21H19N3O4/c1-14-10-11-22-24(14)19-8-6-16(7-9-19)21(27)28-13-20(26)23-18-5-3-4-17(12-18)15(2)25/h3-12H,13H2,1-2H3,(H,23,26). The second-order valence-electron chi connectivity index (χ2n) is 6.19. The van der Waals surface area contributed by atoms with Gasteiger partial charge in [-0.3, -0.25) is 9.59 Å². The Bertz CT molecular complexity index is 1020. The zero-order chi connectivity index (χ0) is 20.1. The van der Waals surface area contributed by atoms with E-state index in [0.717, 1.165) is 11.4 Å². The summed E-state index contributed by atoms with van der Waals surface area (Å²) in [5.41, 5.74) is 3.08. The van der Waals surface area contributed by atoms with Crippen LogP contribution in [0.15, 0.2) is 60.8 Å². The van der Waals surface area contributed by atoms with E-state index in [2.05, 4.69) is 10.4 Å². The van der Waals surface area contributed by atoms with E-state index in [4.69, 9.17) is 4.74 Å². The molecule has 1 aromatic heterocycles. The van der Waals surface area contributed by atoms with Crippen LogP contribution in [0, 0.1) is 6.92 Å². The molecule has 7 heteroatoms.